The van der Waals surface area contributed by atoms with Gasteiger partial charge in [0.2, 0.25) is 0 Å². The third kappa shape index (κ3) is 2.59. The molecule has 1 aliphatic rings. The number of hydrogen-bond donors (Lipinski definition) is 1. The fourth-order valence-corrected chi connectivity index (χ4v) is 3.32. The number of aryl methyl sites for hydroxylation is 1. The van der Waals surface area contributed by atoms with Crippen LogP contribution in [0.5, 0.6) is 0 Å². The molecule has 1 saturated heterocycles. The van der Waals surface area contributed by atoms with Gasteiger partial charge in [-0.05, 0) is 32.4 Å². The minimum Gasteiger partial charge on any atom is -0.389 e. The molecule has 0 aliphatic carbocycles. The van der Waals surface area contributed by atoms with Crippen LogP contribution < -0.4 is 5.73 Å². The lowest BCUT2D eigenvalue weighted by molar-refractivity contribution is 0.330. The van der Waals surface area contributed by atoms with E-state index in [1.807, 2.05) is 0 Å². The van der Waals surface area contributed by atoms with Gasteiger partial charge in [-0.2, -0.15) is 0 Å². The van der Waals surface area contributed by atoms with Crippen molar-refractivity contribution in [3.8, 4) is 0 Å². The summed E-state index contributed by atoms with van der Waals surface area (Å²) >= 11 is 6.71. The predicted molar refractivity (Wildman–Crippen MR) is 71.9 cm³/mol. The van der Waals surface area contributed by atoms with Gasteiger partial charge < -0.3 is 5.73 Å². The third-order valence-electron chi connectivity index (χ3n) is 2.86. The highest BCUT2D eigenvalue weighted by Crippen LogP contribution is 2.22. The number of aromatic nitrogens is 1. The molecule has 0 amide bonds. The molecule has 0 atom stereocenters. The van der Waals surface area contributed by atoms with Crippen molar-refractivity contribution in [1.29, 1.82) is 0 Å². The third-order valence-corrected chi connectivity index (χ3v) is 4.31. The summed E-state index contributed by atoms with van der Waals surface area (Å²) in [6, 6.07) is 0. The highest BCUT2D eigenvalue weighted by molar-refractivity contribution is 7.81. The van der Waals surface area contributed by atoms with E-state index in [1.54, 1.807) is 11.3 Å². The van der Waals surface area contributed by atoms with Gasteiger partial charge in [0.1, 0.15) is 10.00 Å². The van der Waals surface area contributed by atoms with E-state index in [4.69, 9.17) is 18.0 Å². The van der Waals surface area contributed by atoms with E-state index in [2.05, 4.69) is 16.8 Å². The smallest absolute Gasteiger partial charge is 0.116 e. The second kappa shape index (κ2) is 5.21. The van der Waals surface area contributed by atoms with Gasteiger partial charge in [0.15, 0.2) is 0 Å². The molecule has 0 spiro atoms. The average Bonchev–Trinajstić information content (AvgIpc) is 2.87. The Morgan fingerprint density at radius 3 is 2.69 bits per heavy atom. The Kier molecular flexibility index (Phi) is 3.89. The van der Waals surface area contributed by atoms with Gasteiger partial charge in [-0.15, -0.1) is 11.3 Å². The van der Waals surface area contributed by atoms with Crippen molar-refractivity contribution in [2.24, 2.45) is 5.73 Å². The monoisotopic (exact) mass is 255 g/mol. The Morgan fingerprint density at radius 2 is 2.19 bits per heavy atom. The molecule has 1 aliphatic heterocycles. The topological polar surface area (TPSA) is 42.2 Å². The van der Waals surface area contributed by atoms with E-state index in [0.29, 0.717) is 4.99 Å². The maximum Gasteiger partial charge on any atom is 0.116 e. The first-order valence-corrected chi connectivity index (χ1v) is 6.94. The molecule has 0 unspecified atom stereocenters. The van der Waals surface area contributed by atoms with Crippen molar-refractivity contribution in [2.45, 2.75) is 32.7 Å². The molecule has 1 aromatic heterocycles. The molecule has 2 rings (SSSR count). The molecule has 0 aromatic carbocycles. The largest absolute Gasteiger partial charge is 0.389 e. The zero-order valence-corrected chi connectivity index (χ0v) is 11.2. The molecular formula is C11H17N3S2. The Morgan fingerprint density at radius 1 is 1.50 bits per heavy atom. The van der Waals surface area contributed by atoms with Crippen molar-refractivity contribution < 1.29 is 0 Å². The van der Waals surface area contributed by atoms with Crippen molar-refractivity contribution in [2.75, 3.05) is 13.1 Å². The van der Waals surface area contributed by atoms with Crippen LogP contribution >= 0.6 is 23.6 Å². The zero-order valence-electron chi connectivity index (χ0n) is 9.53. The predicted octanol–water partition coefficient (Wildman–Crippen LogP) is 1.94. The van der Waals surface area contributed by atoms with Gasteiger partial charge in [0.05, 0.1) is 17.1 Å². The molecule has 0 saturated carbocycles. The van der Waals surface area contributed by atoms with E-state index in [1.165, 1.54) is 25.9 Å². The SMILES string of the molecule is CCc1nc(CN2CCCC2)sc1C(N)=S. The molecule has 2 N–H and O–H groups in total. The summed E-state index contributed by atoms with van der Waals surface area (Å²) < 4.78 is 0. The van der Waals surface area contributed by atoms with E-state index in [-0.39, 0.29) is 0 Å². The Bertz CT molecular complexity index is 381. The summed E-state index contributed by atoms with van der Waals surface area (Å²) in [6.07, 6.45) is 3.53. The lowest BCUT2D eigenvalue weighted by atomic mass is 10.3. The molecule has 88 valence electrons. The summed E-state index contributed by atoms with van der Waals surface area (Å²) in [5, 5.41) is 1.15. The number of hydrogen-bond acceptors (Lipinski definition) is 4. The summed E-state index contributed by atoms with van der Waals surface area (Å²) in [5.74, 6) is 0. The van der Waals surface area contributed by atoms with E-state index in [0.717, 1.165) is 28.5 Å². The van der Waals surface area contributed by atoms with Crippen molar-refractivity contribution in [3.05, 3.63) is 15.6 Å². The minimum absolute atomic E-state index is 0.488. The second-order valence-corrected chi connectivity index (χ2v) is 5.61. The normalized spacial score (nSPS) is 16.8. The molecule has 5 heteroatoms. The molecule has 16 heavy (non-hydrogen) atoms. The van der Waals surface area contributed by atoms with E-state index in [9.17, 15) is 0 Å². The highest BCUT2D eigenvalue weighted by atomic mass is 32.1. The average molecular weight is 255 g/mol. The van der Waals surface area contributed by atoms with Gasteiger partial charge in [-0.1, -0.05) is 19.1 Å². The Balaban J connectivity index is 2.12. The van der Waals surface area contributed by atoms with Gasteiger partial charge in [-0.25, -0.2) is 4.98 Å². The first kappa shape index (κ1) is 12.0. The Labute approximate surface area is 106 Å². The quantitative estimate of drug-likeness (QED) is 0.835. The van der Waals surface area contributed by atoms with Crippen molar-refractivity contribution in [1.82, 2.24) is 9.88 Å². The number of likely N-dealkylation sites (tertiary alicyclic amines) is 1. The van der Waals surface area contributed by atoms with Crippen LogP contribution in [0.4, 0.5) is 0 Å². The summed E-state index contributed by atoms with van der Waals surface area (Å²) in [7, 11) is 0. The van der Waals surface area contributed by atoms with Gasteiger partial charge in [-0.3, -0.25) is 4.90 Å². The number of nitrogens with two attached hydrogens (primary N) is 1. The van der Waals surface area contributed by atoms with Crippen LogP contribution in [0.3, 0.4) is 0 Å². The number of thiocarbonyl (C=S) groups is 1. The molecule has 2 heterocycles. The van der Waals surface area contributed by atoms with Crippen LogP contribution in [0.2, 0.25) is 0 Å². The maximum absolute atomic E-state index is 5.70. The maximum atomic E-state index is 5.70. The van der Waals surface area contributed by atoms with Crippen LogP contribution in [0.15, 0.2) is 0 Å². The van der Waals surface area contributed by atoms with Crippen LogP contribution in [-0.2, 0) is 13.0 Å². The first-order valence-electron chi connectivity index (χ1n) is 5.71. The number of thiazole rings is 1. The molecule has 3 nitrogen and oxygen atoms in total. The van der Waals surface area contributed by atoms with Crippen LogP contribution in [-0.4, -0.2) is 28.0 Å². The molecule has 0 radical (unpaired) electrons. The lowest BCUT2D eigenvalue weighted by Gasteiger charge is -2.11. The fourth-order valence-electron chi connectivity index (χ4n) is 2.03. The van der Waals surface area contributed by atoms with E-state index < -0.39 is 0 Å². The minimum atomic E-state index is 0.488. The highest BCUT2D eigenvalue weighted by Gasteiger charge is 2.16. The summed E-state index contributed by atoms with van der Waals surface area (Å²) in [4.78, 5) is 8.56. The van der Waals surface area contributed by atoms with Gasteiger partial charge in [0, 0.05) is 0 Å². The van der Waals surface area contributed by atoms with E-state index >= 15 is 0 Å². The summed E-state index contributed by atoms with van der Waals surface area (Å²) in [6.45, 7) is 5.45. The number of rotatable bonds is 4. The summed E-state index contributed by atoms with van der Waals surface area (Å²) in [5.41, 5.74) is 6.76. The van der Waals surface area contributed by atoms with Gasteiger partial charge in [0.25, 0.3) is 0 Å². The van der Waals surface area contributed by atoms with Crippen molar-refractivity contribution >= 4 is 28.5 Å². The van der Waals surface area contributed by atoms with Crippen LogP contribution in [0.25, 0.3) is 0 Å². The molecular weight excluding hydrogens is 238 g/mol. The Hall–Kier alpha value is -0.520. The van der Waals surface area contributed by atoms with Gasteiger partial charge >= 0.3 is 0 Å². The molecule has 1 aromatic rings. The fraction of sp³-hybridized carbons (Fsp3) is 0.636. The lowest BCUT2D eigenvalue weighted by Crippen LogP contribution is -2.18. The second-order valence-electron chi connectivity index (χ2n) is 4.08. The molecule has 0 bridgehead atoms. The van der Waals surface area contributed by atoms with Crippen LogP contribution in [0.1, 0.15) is 35.3 Å². The van der Waals surface area contributed by atoms with Crippen LogP contribution in [0, 0.1) is 0 Å². The standard InChI is InChI=1S/C11H17N3S2/c1-2-8-10(11(12)15)16-9(13-8)7-14-5-3-4-6-14/h2-7H2,1H3,(H2,12,15). The number of nitrogens with zero attached hydrogens (tertiary/aromatic N) is 2. The zero-order chi connectivity index (χ0) is 11.5. The van der Waals surface area contributed by atoms with Crippen molar-refractivity contribution in [3.63, 3.8) is 0 Å². The molecule has 1 fully saturated rings. The first-order chi connectivity index (χ1) is 7.70.